The number of carbonyl (C=O) groups is 1. The van der Waals surface area contributed by atoms with Crippen molar-refractivity contribution < 1.29 is 9.90 Å². The molecule has 15 heavy (non-hydrogen) atoms. The van der Waals surface area contributed by atoms with Gasteiger partial charge in [0.1, 0.15) is 5.82 Å². The molecule has 0 bridgehead atoms. The van der Waals surface area contributed by atoms with Gasteiger partial charge in [-0.2, -0.15) is 0 Å². The van der Waals surface area contributed by atoms with Gasteiger partial charge in [0.25, 0.3) is 0 Å². The second kappa shape index (κ2) is 3.73. The van der Waals surface area contributed by atoms with Crippen molar-refractivity contribution in [3.05, 3.63) is 29.6 Å². The summed E-state index contributed by atoms with van der Waals surface area (Å²) < 4.78 is 0. The van der Waals surface area contributed by atoms with E-state index in [1.807, 2.05) is 25.1 Å². The Balaban J connectivity index is 2.27. The van der Waals surface area contributed by atoms with Gasteiger partial charge < -0.3 is 10.1 Å². The molecule has 4 nitrogen and oxygen atoms in total. The zero-order valence-corrected chi connectivity index (χ0v) is 8.45. The molecular formula is C11H12N2O2. The molecule has 78 valence electrons. The average Bonchev–Trinajstić information content (AvgIpc) is 2.56. The van der Waals surface area contributed by atoms with E-state index in [1.54, 1.807) is 0 Å². The Morgan fingerprint density at radius 2 is 2.33 bits per heavy atom. The molecule has 0 aliphatic heterocycles. The molecule has 2 aromatic rings. The minimum atomic E-state index is -0.799. The lowest BCUT2D eigenvalue weighted by molar-refractivity contribution is -0.137. The maximum atomic E-state index is 10.4. The van der Waals surface area contributed by atoms with Crippen molar-refractivity contribution in [2.75, 3.05) is 0 Å². The highest BCUT2D eigenvalue weighted by Crippen LogP contribution is 2.13. The number of aryl methyl sites for hydroxylation is 2. The Kier molecular flexibility index (Phi) is 2.41. The fourth-order valence-electron chi connectivity index (χ4n) is 1.52. The molecule has 1 heterocycles. The quantitative estimate of drug-likeness (QED) is 0.802. The maximum Gasteiger partial charge on any atom is 0.303 e. The highest BCUT2D eigenvalue weighted by Gasteiger charge is 2.04. The van der Waals surface area contributed by atoms with E-state index in [2.05, 4.69) is 9.97 Å². The molecule has 1 aromatic heterocycles. The lowest BCUT2D eigenvalue weighted by Gasteiger charge is -1.90. The summed E-state index contributed by atoms with van der Waals surface area (Å²) in [6, 6.07) is 5.93. The number of fused-ring (bicyclic) bond motifs is 1. The first-order valence-electron chi connectivity index (χ1n) is 4.82. The molecule has 1 aromatic carbocycles. The molecule has 0 saturated heterocycles. The zero-order valence-electron chi connectivity index (χ0n) is 8.45. The molecule has 0 saturated carbocycles. The number of H-pyrrole nitrogens is 1. The summed E-state index contributed by atoms with van der Waals surface area (Å²) in [6.07, 6.45) is 0.557. The molecule has 0 fully saturated rings. The van der Waals surface area contributed by atoms with Crippen molar-refractivity contribution in [2.45, 2.75) is 19.8 Å². The molecule has 0 aliphatic rings. The van der Waals surface area contributed by atoms with Gasteiger partial charge in [0.2, 0.25) is 0 Å². The van der Waals surface area contributed by atoms with Crippen molar-refractivity contribution >= 4 is 17.0 Å². The molecule has 0 aliphatic carbocycles. The van der Waals surface area contributed by atoms with E-state index in [1.165, 1.54) is 0 Å². The smallest absolute Gasteiger partial charge is 0.303 e. The molecule has 4 heteroatoms. The molecule has 0 radical (unpaired) electrons. The molecule has 2 N–H and O–H groups in total. The third-order valence-electron chi connectivity index (χ3n) is 2.26. The number of hydrogen-bond donors (Lipinski definition) is 2. The third-order valence-corrected chi connectivity index (χ3v) is 2.26. The minimum absolute atomic E-state index is 0.110. The minimum Gasteiger partial charge on any atom is -0.481 e. The van der Waals surface area contributed by atoms with Gasteiger partial charge in [0.05, 0.1) is 17.5 Å². The largest absolute Gasteiger partial charge is 0.481 e. The number of imidazole rings is 1. The molecule has 0 spiro atoms. The predicted molar refractivity (Wildman–Crippen MR) is 56.8 cm³/mol. The summed E-state index contributed by atoms with van der Waals surface area (Å²) in [4.78, 5) is 17.8. The van der Waals surface area contributed by atoms with E-state index in [0.29, 0.717) is 6.42 Å². The summed E-state index contributed by atoms with van der Waals surface area (Å²) in [7, 11) is 0. The molecule has 2 rings (SSSR count). The molecule has 0 atom stereocenters. The zero-order chi connectivity index (χ0) is 10.8. The average molecular weight is 204 g/mol. The summed E-state index contributed by atoms with van der Waals surface area (Å²) >= 11 is 0. The first kappa shape index (κ1) is 9.71. The Labute approximate surface area is 87.0 Å². The van der Waals surface area contributed by atoms with Crippen LogP contribution < -0.4 is 0 Å². The Bertz CT molecular complexity index is 502. The van der Waals surface area contributed by atoms with Crippen LogP contribution in [0, 0.1) is 6.92 Å². The van der Waals surface area contributed by atoms with Gasteiger partial charge in [-0.25, -0.2) is 4.98 Å². The van der Waals surface area contributed by atoms with Crippen LogP contribution >= 0.6 is 0 Å². The summed E-state index contributed by atoms with van der Waals surface area (Å²) in [5.41, 5.74) is 3.02. The number of aliphatic carboxylic acids is 1. The number of hydrogen-bond acceptors (Lipinski definition) is 2. The third kappa shape index (κ3) is 2.15. The van der Waals surface area contributed by atoms with E-state index in [4.69, 9.17) is 5.11 Å². The summed E-state index contributed by atoms with van der Waals surface area (Å²) in [5.74, 6) is -0.0652. The molecule has 0 unspecified atom stereocenters. The Morgan fingerprint density at radius 1 is 1.53 bits per heavy atom. The second-order valence-electron chi connectivity index (χ2n) is 3.60. The van der Waals surface area contributed by atoms with Gasteiger partial charge in [-0.1, -0.05) is 6.07 Å². The standard InChI is InChI=1S/C11H12N2O2/c1-7-2-3-8-9(6-7)13-10(12-8)4-5-11(14)15/h2-3,6H,4-5H2,1H3,(H,12,13)(H,14,15). The Hall–Kier alpha value is -1.84. The van der Waals surface area contributed by atoms with Crippen LogP contribution in [-0.2, 0) is 11.2 Å². The van der Waals surface area contributed by atoms with Crippen molar-refractivity contribution in [2.24, 2.45) is 0 Å². The number of nitrogens with zero attached hydrogens (tertiary/aromatic N) is 1. The van der Waals surface area contributed by atoms with Crippen LogP contribution in [0.1, 0.15) is 17.8 Å². The summed E-state index contributed by atoms with van der Waals surface area (Å²) in [6.45, 7) is 2.01. The van der Waals surface area contributed by atoms with Gasteiger partial charge in [-0.05, 0) is 24.6 Å². The molecule has 0 amide bonds. The van der Waals surface area contributed by atoms with Crippen molar-refractivity contribution in [1.82, 2.24) is 9.97 Å². The number of aromatic nitrogens is 2. The number of carboxylic acid groups (broad SMARTS) is 1. The molecular weight excluding hydrogens is 192 g/mol. The maximum absolute atomic E-state index is 10.4. The van der Waals surface area contributed by atoms with Crippen LogP contribution in [0.5, 0.6) is 0 Å². The van der Waals surface area contributed by atoms with Crippen molar-refractivity contribution in [3.8, 4) is 0 Å². The first-order valence-corrected chi connectivity index (χ1v) is 4.82. The lowest BCUT2D eigenvalue weighted by atomic mass is 10.2. The normalized spacial score (nSPS) is 10.7. The van der Waals surface area contributed by atoms with E-state index in [-0.39, 0.29) is 6.42 Å². The number of rotatable bonds is 3. The monoisotopic (exact) mass is 204 g/mol. The van der Waals surface area contributed by atoms with Gasteiger partial charge in [-0.15, -0.1) is 0 Å². The predicted octanol–water partition coefficient (Wildman–Crippen LogP) is 1.89. The van der Waals surface area contributed by atoms with Crippen LogP contribution in [0.3, 0.4) is 0 Å². The fraction of sp³-hybridized carbons (Fsp3) is 0.273. The van der Waals surface area contributed by atoms with Crippen LogP contribution in [0.15, 0.2) is 18.2 Å². The number of benzene rings is 1. The van der Waals surface area contributed by atoms with E-state index in [9.17, 15) is 4.79 Å². The van der Waals surface area contributed by atoms with Gasteiger partial charge in [0.15, 0.2) is 0 Å². The van der Waals surface area contributed by atoms with Crippen LogP contribution in [0.2, 0.25) is 0 Å². The topological polar surface area (TPSA) is 66.0 Å². The van der Waals surface area contributed by atoms with Crippen LogP contribution in [-0.4, -0.2) is 21.0 Å². The highest BCUT2D eigenvalue weighted by atomic mass is 16.4. The van der Waals surface area contributed by atoms with Crippen molar-refractivity contribution in [1.29, 1.82) is 0 Å². The van der Waals surface area contributed by atoms with E-state index >= 15 is 0 Å². The Morgan fingerprint density at radius 3 is 3.07 bits per heavy atom. The number of aromatic amines is 1. The summed E-state index contributed by atoms with van der Waals surface area (Å²) in [5, 5.41) is 8.55. The number of nitrogens with one attached hydrogen (secondary N) is 1. The first-order chi connectivity index (χ1) is 7.15. The fourth-order valence-corrected chi connectivity index (χ4v) is 1.52. The van der Waals surface area contributed by atoms with Crippen molar-refractivity contribution in [3.63, 3.8) is 0 Å². The van der Waals surface area contributed by atoms with Gasteiger partial charge in [0, 0.05) is 6.42 Å². The van der Waals surface area contributed by atoms with Gasteiger partial charge >= 0.3 is 5.97 Å². The number of carboxylic acids is 1. The van der Waals surface area contributed by atoms with Crippen LogP contribution in [0.4, 0.5) is 0 Å². The van der Waals surface area contributed by atoms with Gasteiger partial charge in [-0.3, -0.25) is 4.79 Å². The lowest BCUT2D eigenvalue weighted by Crippen LogP contribution is -1.98. The second-order valence-corrected chi connectivity index (χ2v) is 3.60. The SMILES string of the molecule is Cc1ccc2nc(CCC(=O)O)[nH]c2c1. The van der Waals surface area contributed by atoms with E-state index < -0.39 is 5.97 Å². The van der Waals surface area contributed by atoms with E-state index in [0.717, 1.165) is 22.4 Å². The highest BCUT2D eigenvalue weighted by molar-refractivity contribution is 5.76. The van der Waals surface area contributed by atoms with Crippen LogP contribution in [0.25, 0.3) is 11.0 Å².